The quantitative estimate of drug-likeness (QED) is 0.815. The lowest BCUT2D eigenvalue weighted by atomic mass is 10.1. The van der Waals surface area contributed by atoms with Crippen LogP contribution >= 0.6 is 15.9 Å². The fourth-order valence-corrected chi connectivity index (χ4v) is 2.13. The minimum Gasteiger partial charge on any atom is -0.497 e. The number of halogens is 1. The molecule has 0 saturated heterocycles. The summed E-state index contributed by atoms with van der Waals surface area (Å²) in [5, 5.41) is 9.14. The largest absolute Gasteiger partial charge is 0.497 e. The van der Waals surface area contributed by atoms with Crippen LogP contribution in [0, 0.1) is 25.2 Å². The van der Waals surface area contributed by atoms with Crippen LogP contribution in [-0.4, -0.2) is 7.11 Å². The van der Waals surface area contributed by atoms with Gasteiger partial charge in [-0.05, 0) is 49.2 Å². The van der Waals surface area contributed by atoms with Crippen LogP contribution in [0.2, 0.25) is 0 Å². The number of hydrogen-bond acceptors (Lipinski definition) is 3. The number of nitrogens with zero attached hydrogens (tertiary/aromatic N) is 1. The van der Waals surface area contributed by atoms with E-state index < -0.39 is 0 Å². The molecule has 0 amide bonds. The van der Waals surface area contributed by atoms with Crippen LogP contribution in [0.1, 0.15) is 16.7 Å². The Kier molecular flexibility index (Phi) is 4.31. The van der Waals surface area contributed by atoms with Gasteiger partial charge < -0.3 is 9.47 Å². The molecular weight excluding hydrogens is 318 g/mol. The van der Waals surface area contributed by atoms with Crippen molar-refractivity contribution in [3.63, 3.8) is 0 Å². The predicted molar refractivity (Wildman–Crippen MR) is 81.4 cm³/mol. The van der Waals surface area contributed by atoms with Crippen LogP contribution in [0.15, 0.2) is 34.8 Å². The van der Waals surface area contributed by atoms with E-state index in [0.29, 0.717) is 22.8 Å². The van der Waals surface area contributed by atoms with E-state index in [-0.39, 0.29) is 0 Å². The minimum absolute atomic E-state index is 0.476. The fourth-order valence-electron chi connectivity index (χ4n) is 1.90. The van der Waals surface area contributed by atoms with Crippen LogP contribution in [0.25, 0.3) is 0 Å². The van der Waals surface area contributed by atoms with E-state index in [9.17, 15) is 0 Å². The first-order valence-corrected chi connectivity index (χ1v) is 6.87. The summed E-state index contributed by atoms with van der Waals surface area (Å²) < 4.78 is 12.1. The molecule has 2 aromatic rings. The maximum absolute atomic E-state index is 9.14. The Morgan fingerprint density at radius 3 is 2.25 bits per heavy atom. The lowest BCUT2D eigenvalue weighted by Gasteiger charge is -2.11. The van der Waals surface area contributed by atoms with Crippen LogP contribution in [0.4, 0.5) is 0 Å². The Bertz CT molecular complexity index is 666. The number of hydrogen-bond donors (Lipinski definition) is 0. The van der Waals surface area contributed by atoms with E-state index in [1.165, 1.54) is 0 Å². The molecule has 0 atom stereocenters. The third-order valence-electron chi connectivity index (χ3n) is 2.95. The third kappa shape index (κ3) is 2.94. The Hall–Kier alpha value is -1.99. The molecule has 0 aromatic heterocycles. The van der Waals surface area contributed by atoms with Gasteiger partial charge in [-0.2, -0.15) is 5.26 Å². The second-order valence-electron chi connectivity index (χ2n) is 4.45. The first-order chi connectivity index (χ1) is 9.55. The van der Waals surface area contributed by atoms with Crippen molar-refractivity contribution in [3.05, 3.63) is 51.5 Å². The number of methoxy groups -OCH3 is 1. The summed E-state index contributed by atoms with van der Waals surface area (Å²) in [7, 11) is 1.58. The molecule has 2 rings (SSSR count). The molecule has 0 radical (unpaired) electrons. The number of rotatable bonds is 3. The molecule has 0 heterocycles. The van der Waals surface area contributed by atoms with Crippen molar-refractivity contribution in [2.75, 3.05) is 7.11 Å². The van der Waals surface area contributed by atoms with E-state index in [0.717, 1.165) is 15.6 Å². The molecule has 102 valence electrons. The Balaban J connectivity index is 2.41. The summed E-state index contributed by atoms with van der Waals surface area (Å²) in [6, 6.07) is 11.1. The summed E-state index contributed by atoms with van der Waals surface area (Å²) in [5.74, 6) is 1.85. The first kappa shape index (κ1) is 14.4. The first-order valence-electron chi connectivity index (χ1n) is 6.08. The predicted octanol–water partition coefficient (Wildman–Crippen LogP) is 4.74. The van der Waals surface area contributed by atoms with Gasteiger partial charge in [-0.15, -0.1) is 0 Å². The minimum atomic E-state index is 0.476. The zero-order valence-electron chi connectivity index (χ0n) is 11.5. The van der Waals surface area contributed by atoms with Gasteiger partial charge in [0.25, 0.3) is 0 Å². The van der Waals surface area contributed by atoms with Gasteiger partial charge >= 0.3 is 0 Å². The number of nitriles is 1. The highest BCUT2D eigenvalue weighted by Crippen LogP contribution is 2.32. The molecule has 0 aliphatic heterocycles. The van der Waals surface area contributed by atoms with Crippen molar-refractivity contribution in [3.8, 4) is 23.3 Å². The molecule has 3 nitrogen and oxygen atoms in total. The van der Waals surface area contributed by atoms with Crippen molar-refractivity contribution in [2.24, 2.45) is 0 Å². The molecule has 0 saturated carbocycles. The summed E-state index contributed by atoms with van der Waals surface area (Å²) in [5.41, 5.74) is 2.65. The molecule has 20 heavy (non-hydrogen) atoms. The highest BCUT2D eigenvalue weighted by atomic mass is 79.9. The third-order valence-corrected chi connectivity index (χ3v) is 4.20. The highest BCUT2D eigenvalue weighted by Gasteiger charge is 2.09. The molecular formula is C16H14BrNO2. The van der Waals surface area contributed by atoms with E-state index in [1.54, 1.807) is 25.3 Å². The Morgan fingerprint density at radius 2 is 1.70 bits per heavy atom. The maximum Gasteiger partial charge on any atom is 0.148 e. The van der Waals surface area contributed by atoms with Gasteiger partial charge in [0.2, 0.25) is 0 Å². The smallest absolute Gasteiger partial charge is 0.148 e. The molecule has 0 spiro atoms. The molecule has 0 fully saturated rings. The van der Waals surface area contributed by atoms with E-state index >= 15 is 0 Å². The topological polar surface area (TPSA) is 42.2 Å². The number of aryl methyl sites for hydroxylation is 2. The second-order valence-corrected chi connectivity index (χ2v) is 5.24. The van der Waals surface area contributed by atoms with Gasteiger partial charge in [-0.1, -0.05) is 15.9 Å². The molecule has 2 aromatic carbocycles. The van der Waals surface area contributed by atoms with Crippen LogP contribution in [-0.2, 0) is 0 Å². The lowest BCUT2D eigenvalue weighted by molar-refractivity contribution is 0.408. The van der Waals surface area contributed by atoms with E-state index in [1.807, 2.05) is 26.0 Å². The Labute approximate surface area is 126 Å². The summed E-state index contributed by atoms with van der Waals surface area (Å²) in [4.78, 5) is 0. The van der Waals surface area contributed by atoms with Crippen LogP contribution < -0.4 is 9.47 Å². The van der Waals surface area contributed by atoms with Crippen molar-refractivity contribution >= 4 is 15.9 Å². The number of ether oxygens (including phenoxy) is 2. The van der Waals surface area contributed by atoms with Gasteiger partial charge in [-0.25, -0.2) is 0 Å². The molecule has 0 bridgehead atoms. The van der Waals surface area contributed by atoms with Gasteiger partial charge in [0.1, 0.15) is 23.3 Å². The van der Waals surface area contributed by atoms with Gasteiger partial charge in [0.05, 0.1) is 12.7 Å². The maximum atomic E-state index is 9.14. The van der Waals surface area contributed by atoms with E-state index in [2.05, 4.69) is 22.0 Å². The highest BCUT2D eigenvalue weighted by molar-refractivity contribution is 9.10. The molecule has 4 heteroatoms. The zero-order chi connectivity index (χ0) is 14.7. The zero-order valence-corrected chi connectivity index (χ0v) is 13.1. The normalized spacial score (nSPS) is 9.95. The van der Waals surface area contributed by atoms with Crippen molar-refractivity contribution < 1.29 is 9.47 Å². The van der Waals surface area contributed by atoms with Crippen LogP contribution in [0.3, 0.4) is 0 Å². The summed E-state index contributed by atoms with van der Waals surface area (Å²) in [6.07, 6.45) is 0. The SMILES string of the molecule is COc1ccc(C#N)c(Oc2cc(C)c(Br)c(C)c2)c1. The van der Waals surface area contributed by atoms with Gasteiger partial charge in [0, 0.05) is 10.5 Å². The van der Waals surface area contributed by atoms with E-state index in [4.69, 9.17) is 14.7 Å². The number of benzene rings is 2. The molecule has 0 aliphatic rings. The second kappa shape index (κ2) is 5.98. The van der Waals surface area contributed by atoms with Crippen molar-refractivity contribution in [2.45, 2.75) is 13.8 Å². The fraction of sp³-hybridized carbons (Fsp3) is 0.188. The average Bonchev–Trinajstić information content (AvgIpc) is 2.44. The molecule has 0 N–H and O–H groups in total. The van der Waals surface area contributed by atoms with Crippen molar-refractivity contribution in [1.82, 2.24) is 0 Å². The average molecular weight is 332 g/mol. The van der Waals surface area contributed by atoms with Gasteiger partial charge in [-0.3, -0.25) is 0 Å². The summed E-state index contributed by atoms with van der Waals surface area (Å²) >= 11 is 3.52. The Morgan fingerprint density at radius 1 is 1.05 bits per heavy atom. The molecule has 0 aliphatic carbocycles. The lowest BCUT2D eigenvalue weighted by Crippen LogP contribution is -1.92. The van der Waals surface area contributed by atoms with Crippen molar-refractivity contribution in [1.29, 1.82) is 5.26 Å². The van der Waals surface area contributed by atoms with Crippen LogP contribution in [0.5, 0.6) is 17.2 Å². The van der Waals surface area contributed by atoms with Gasteiger partial charge in [0.15, 0.2) is 0 Å². The standard InChI is InChI=1S/C16H14BrNO2/c1-10-6-14(7-11(2)16(10)17)20-15-8-13(19-3)5-4-12(15)9-18/h4-8H,1-3H3. The summed E-state index contributed by atoms with van der Waals surface area (Å²) in [6.45, 7) is 4.00. The molecule has 0 unspecified atom stereocenters. The monoisotopic (exact) mass is 331 g/mol.